The number of para-hydroxylation sites is 1. The lowest BCUT2D eigenvalue weighted by atomic mass is 10.1. The fourth-order valence-electron chi connectivity index (χ4n) is 1.47. The van der Waals surface area contributed by atoms with Gasteiger partial charge in [0.1, 0.15) is 18.1 Å². The second-order valence-electron chi connectivity index (χ2n) is 3.84. The maximum Gasteiger partial charge on any atom is 0.138 e. The van der Waals surface area contributed by atoms with Gasteiger partial charge in [-0.05, 0) is 36.2 Å². The highest BCUT2D eigenvalue weighted by Crippen LogP contribution is 2.25. The molecular formula is C14H13ClO2. The molecule has 0 aromatic heterocycles. The molecule has 2 aromatic carbocycles. The van der Waals surface area contributed by atoms with Gasteiger partial charge in [-0.3, -0.25) is 0 Å². The molecule has 0 atom stereocenters. The molecule has 0 unspecified atom stereocenters. The maximum atomic E-state index is 9.57. The molecule has 0 spiro atoms. The lowest BCUT2D eigenvalue weighted by molar-refractivity contribution is 0.305. The third-order valence-electron chi connectivity index (χ3n) is 2.50. The highest BCUT2D eigenvalue weighted by molar-refractivity contribution is 6.32. The highest BCUT2D eigenvalue weighted by Gasteiger charge is 2.02. The molecule has 0 fully saturated rings. The van der Waals surface area contributed by atoms with Crippen LogP contribution in [0, 0.1) is 6.92 Å². The van der Waals surface area contributed by atoms with E-state index in [1.807, 2.05) is 37.3 Å². The van der Waals surface area contributed by atoms with Gasteiger partial charge in [0.2, 0.25) is 0 Å². The van der Waals surface area contributed by atoms with Crippen molar-refractivity contribution in [3.8, 4) is 11.5 Å². The zero-order valence-electron chi connectivity index (χ0n) is 9.48. The van der Waals surface area contributed by atoms with E-state index in [9.17, 15) is 5.11 Å². The molecule has 0 aliphatic carbocycles. The molecule has 0 amide bonds. The molecule has 3 heteroatoms. The Labute approximate surface area is 105 Å². The summed E-state index contributed by atoms with van der Waals surface area (Å²) < 4.78 is 5.57. The standard InChI is InChI=1S/C14H13ClO2/c1-10-6-7-11(8-13(10)16)9-17-14-5-3-2-4-12(14)15/h2-8,16H,9H2,1H3. The molecule has 1 N–H and O–H groups in total. The Hall–Kier alpha value is -1.67. The lowest BCUT2D eigenvalue weighted by Crippen LogP contribution is -1.95. The maximum absolute atomic E-state index is 9.57. The van der Waals surface area contributed by atoms with Gasteiger partial charge >= 0.3 is 0 Å². The molecule has 0 aliphatic heterocycles. The second-order valence-corrected chi connectivity index (χ2v) is 4.25. The fraction of sp³-hybridized carbons (Fsp3) is 0.143. The summed E-state index contributed by atoms with van der Waals surface area (Å²) in [4.78, 5) is 0. The summed E-state index contributed by atoms with van der Waals surface area (Å²) in [5, 5.41) is 10.2. The van der Waals surface area contributed by atoms with Gasteiger partial charge in [0, 0.05) is 0 Å². The monoisotopic (exact) mass is 248 g/mol. The van der Waals surface area contributed by atoms with E-state index in [1.54, 1.807) is 12.1 Å². The average Bonchev–Trinajstić information content (AvgIpc) is 2.32. The minimum absolute atomic E-state index is 0.283. The van der Waals surface area contributed by atoms with E-state index in [0.717, 1.165) is 11.1 Å². The van der Waals surface area contributed by atoms with Gasteiger partial charge in [-0.25, -0.2) is 0 Å². The molecule has 88 valence electrons. The van der Waals surface area contributed by atoms with Crippen molar-refractivity contribution in [3.05, 3.63) is 58.6 Å². The van der Waals surface area contributed by atoms with Gasteiger partial charge in [-0.15, -0.1) is 0 Å². The molecule has 0 radical (unpaired) electrons. The van der Waals surface area contributed by atoms with E-state index in [2.05, 4.69) is 0 Å². The topological polar surface area (TPSA) is 29.5 Å². The Morgan fingerprint density at radius 2 is 1.94 bits per heavy atom. The Morgan fingerprint density at radius 3 is 2.65 bits per heavy atom. The molecular weight excluding hydrogens is 236 g/mol. The molecule has 0 aliphatic rings. The molecule has 17 heavy (non-hydrogen) atoms. The summed E-state index contributed by atoms with van der Waals surface area (Å²) in [6.45, 7) is 2.24. The van der Waals surface area contributed by atoms with Crippen LogP contribution in [-0.2, 0) is 6.61 Å². The Balaban J connectivity index is 2.08. The second kappa shape index (κ2) is 5.11. The number of hydrogen-bond donors (Lipinski definition) is 1. The molecule has 2 rings (SSSR count). The van der Waals surface area contributed by atoms with E-state index >= 15 is 0 Å². The predicted octanol–water partition coefficient (Wildman–Crippen LogP) is 3.93. The van der Waals surface area contributed by atoms with Crippen LogP contribution in [0.2, 0.25) is 5.02 Å². The van der Waals surface area contributed by atoms with E-state index in [-0.39, 0.29) is 5.75 Å². The van der Waals surface area contributed by atoms with Gasteiger partial charge in [-0.2, -0.15) is 0 Å². The minimum atomic E-state index is 0.283. The Bertz CT molecular complexity index is 523. The molecule has 0 saturated heterocycles. The van der Waals surface area contributed by atoms with Crippen LogP contribution in [0.1, 0.15) is 11.1 Å². The molecule has 2 nitrogen and oxygen atoms in total. The van der Waals surface area contributed by atoms with E-state index in [0.29, 0.717) is 17.4 Å². The van der Waals surface area contributed by atoms with Gasteiger partial charge in [0.15, 0.2) is 0 Å². The Kier molecular flexibility index (Phi) is 3.55. The number of halogens is 1. The van der Waals surface area contributed by atoms with E-state index < -0.39 is 0 Å². The third-order valence-corrected chi connectivity index (χ3v) is 2.82. The van der Waals surface area contributed by atoms with E-state index in [4.69, 9.17) is 16.3 Å². The predicted molar refractivity (Wildman–Crippen MR) is 68.6 cm³/mol. The largest absolute Gasteiger partial charge is 0.508 e. The highest BCUT2D eigenvalue weighted by atomic mass is 35.5. The smallest absolute Gasteiger partial charge is 0.138 e. The minimum Gasteiger partial charge on any atom is -0.508 e. The number of benzene rings is 2. The van der Waals surface area contributed by atoms with Crippen LogP contribution >= 0.6 is 11.6 Å². The number of aryl methyl sites for hydroxylation is 1. The van der Waals surface area contributed by atoms with Gasteiger partial charge in [0.05, 0.1) is 5.02 Å². The number of ether oxygens (including phenoxy) is 1. The normalized spacial score (nSPS) is 10.2. The van der Waals surface area contributed by atoms with Crippen molar-refractivity contribution >= 4 is 11.6 Å². The van der Waals surface area contributed by atoms with Gasteiger partial charge in [0.25, 0.3) is 0 Å². The number of phenols is 1. The van der Waals surface area contributed by atoms with Crippen molar-refractivity contribution in [1.82, 2.24) is 0 Å². The zero-order valence-corrected chi connectivity index (χ0v) is 10.2. The van der Waals surface area contributed by atoms with Crippen LogP contribution in [0.15, 0.2) is 42.5 Å². The SMILES string of the molecule is Cc1ccc(COc2ccccc2Cl)cc1O. The van der Waals surface area contributed by atoms with Gasteiger partial charge < -0.3 is 9.84 Å². The van der Waals surface area contributed by atoms with Crippen LogP contribution in [0.3, 0.4) is 0 Å². The summed E-state index contributed by atoms with van der Waals surface area (Å²) in [7, 11) is 0. The third kappa shape index (κ3) is 2.92. The van der Waals surface area contributed by atoms with Crippen molar-refractivity contribution in [2.24, 2.45) is 0 Å². The number of hydrogen-bond acceptors (Lipinski definition) is 2. The molecule has 2 aromatic rings. The first-order valence-electron chi connectivity index (χ1n) is 5.32. The molecule has 0 heterocycles. The van der Waals surface area contributed by atoms with Crippen molar-refractivity contribution in [3.63, 3.8) is 0 Å². The van der Waals surface area contributed by atoms with Crippen LogP contribution in [0.4, 0.5) is 0 Å². The van der Waals surface area contributed by atoms with Crippen LogP contribution in [-0.4, -0.2) is 5.11 Å². The summed E-state index contributed by atoms with van der Waals surface area (Å²) in [6, 6.07) is 12.8. The fourth-order valence-corrected chi connectivity index (χ4v) is 1.66. The molecule has 0 bridgehead atoms. The summed E-state index contributed by atoms with van der Waals surface area (Å²) in [5.41, 5.74) is 1.76. The van der Waals surface area contributed by atoms with Crippen molar-refractivity contribution < 1.29 is 9.84 Å². The van der Waals surface area contributed by atoms with Crippen molar-refractivity contribution in [2.45, 2.75) is 13.5 Å². The van der Waals surface area contributed by atoms with Gasteiger partial charge in [-0.1, -0.05) is 35.9 Å². The van der Waals surface area contributed by atoms with Crippen LogP contribution < -0.4 is 4.74 Å². The summed E-state index contributed by atoms with van der Waals surface area (Å²) in [5.74, 6) is 0.930. The number of phenolic OH excluding ortho intramolecular Hbond substituents is 1. The quantitative estimate of drug-likeness (QED) is 0.892. The van der Waals surface area contributed by atoms with Crippen molar-refractivity contribution in [1.29, 1.82) is 0 Å². The van der Waals surface area contributed by atoms with E-state index in [1.165, 1.54) is 0 Å². The average molecular weight is 249 g/mol. The first-order valence-corrected chi connectivity index (χ1v) is 5.70. The summed E-state index contributed by atoms with van der Waals surface area (Å²) >= 11 is 5.97. The van der Waals surface area contributed by atoms with Crippen LogP contribution in [0.5, 0.6) is 11.5 Å². The number of aromatic hydroxyl groups is 1. The summed E-state index contributed by atoms with van der Waals surface area (Å²) in [6.07, 6.45) is 0. The van der Waals surface area contributed by atoms with Crippen LogP contribution in [0.25, 0.3) is 0 Å². The molecule has 0 saturated carbocycles. The lowest BCUT2D eigenvalue weighted by Gasteiger charge is -2.08. The Morgan fingerprint density at radius 1 is 1.18 bits per heavy atom. The number of rotatable bonds is 3. The zero-order chi connectivity index (χ0) is 12.3. The van der Waals surface area contributed by atoms with Crippen molar-refractivity contribution in [2.75, 3.05) is 0 Å². The first kappa shape index (κ1) is 11.8. The first-order chi connectivity index (χ1) is 8.16.